The van der Waals surface area contributed by atoms with Gasteiger partial charge in [-0.25, -0.2) is 13.2 Å². The number of nitrogens with one attached hydrogen (secondary N) is 2. The Labute approximate surface area is 279 Å². The highest BCUT2D eigenvalue weighted by Gasteiger charge is 2.54. The Kier molecular flexibility index (Phi) is 8.82. The van der Waals surface area contributed by atoms with E-state index in [1.54, 1.807) is 26.2 Å². The topological polar surface area (TPSA) is 103 Å². The minimum Gasteiger partial charge on any atom is -0.371 e. The maximum atomic E-state index is 13.0. The second-order valence-electron chi connectivity index (χ2n) is 14.4. The Bertz CT molecular complexity index is 1680. The first-order valence-electron chi connectivity index (χ1n) is 17.2. The summed E-state index contributed by atoms with van der Waals surface area (Å²) in [6.07, 6.45) is 8.65. The summed E-state index contributed by atoms with van der Waals surface area (Å²) in [5, 5.41) is 10.2. The number of rotatable bonds is 8. The van der Waals surface area contributed by atoms with Crippen LogP contribution in [0.4, 0.5) is 10.5 Å². The molecule has 2 aromatic carbocycles. The Hall–Kier alpha value is -3.41. The fourth-order valence-corrected chi connectivity index (χ4v) is 10.6. The van der Waals surface area contributed by atoms with E-state index in [1.165, 1.54) is 41.0 Å². The van der Waals surface area contributed by atoms with Crippen LogP contribution in [-0.4, -0.2) is 93.4 Å². The molecule has 2 amide bonds. The van der Waals surface area contributed by atoms with Gasteiger partial charge in [0, 0.05) is 76.1 Å². The first-order chi connectivity index (χ1) is 22.7. The van der Waals surface area contributed by atoms with Gasteiger partial charge in [0.2, 0.25) is 9.84 Å². The number of hydrogen-bond donors (Lipinski definition) is 2. The molecule has 1 aromatic heterocycles. The van der Waals surface area contributed by atoms with Gasteiger partial charge in [0.25, 0.3) is 0 Å². The van der Waals surface area contributed by atoms with Gasteiger partial charge < -0.3 is 25.3 Å². The van der Waals surface area contributed by atoms with Gasteiger partial charge in [0.05, 0.1) is 11.1 Å². The molecule has 252 valence electrons. The van der Waals surface area contributed by atoms with Crippen LogP contribution in [0.15, 0.2) is 70.7 Å². The van der Waals surface area contributed by atoms with Gasteiger partial charge in [0.1, 0.15) is 4.90 Å². The standard InChI is InChI=1S/C36H49N7O3S/c1-37-35(44)39-34-10-6-9-33(34)36(25-40(2)23-27-7-4-5-8-32(27)36)28-15-17-42(18-16-28)20-26-21-43(22-26)29-11-13-30(14-12-29)47(45,46)31-19-38-41(3)24-31/h4-5,7-8,11-14,19,24,26,28,33-34H,6,9-10,15-18,20-23,25H2,1-3H3,(H2,37,39,44)/t33-,34-,36?/m0/s1. The SMILES string of the molecule is CNC(=O)N[C@H]1CCC[C@@H]1C1(C2CCN(CC3CN(c4ccc(S(=O)(=O)c5cnn(C)c5)cc4)C3)CC2)CN(C)Cc2ccccc21. The number of amides is 2. The van der Waals surface area contributed by atoms with Crippen LogP contribution in [0.25, 0.3) is 0 Å². The largest absolute Gasteiger partial charge is 0.371 e. The predicted octanol–water partition coefficient (Wildman–Crippen LogP) is 3.88. The average molecular weight is 660 g/mol. The number of fused-ring (bicyclic) bond motifs is 1. The second-order valence-corrected chi connectivity index (χ2v) is 16.4. The summed E-state index contributed by atoms with van der Waals surface area (Å²) in [5.41, 5.74) is 4.08. The van der Waals surface area contributed by atoms with E-state index in [9.17, 15) is 13.2 Å². The van der Waals surface area contributed by atoms with Crippen molar-refractivity contribution < 1.29 is 13.2 Å². The third-order valence-corrected chi connectivity index (χ3v) is 13.2. The molecule has 1 aliphatic carbocycles. The molecule has 2 saturated heterocycles. The molecule has 1 unspecified atom stereocenters. The highest BCUT2D eigenvalue weighted by molar-refractivity contribution is 7.91. The number of sulfone groups is 1. The zero-order valence-corrected chi connectivity index (χ0v) is 28.8. The minimum absolute atomic E-state index is 0.0296. The van der Waals surface area contributed by atoms with E-state index in [1.807, 2.05) is 12.1 Å². The molecule has 3 aliphatic heterocycles. The number of aryl methyl sites for hydroxylation is 1. The van der Waals surface area contributed by atoms with Gasteiger partial charge in [-0.2, -0.15) is 5.10 Å². The number of piperidine rings is 1. The molecular weight excluding hydrogens is 611 g/mol. The maximum Gasteiger partial charge on any atom is 0.314 e. The summed E-state index contributed by atoms with van der Waals surface area (Å²) in [7, 11) is 2.13. The number of urea groups is 1. The number of carbonyl (C=O) groups is 1. The van der Waals surface area contributed by atoms with Crippen molar-refractivity contribution in [2.75, 3.05) is 58.3 Å². The van der Waals surface area contributed by atoms with Crippen molar-refractivity contribution in [3.8, 4) is 0 Å². The lowest BCUT2D eigenvalue weighted by Gasteiger charge is -2.55. The van der Waals surface area contributed by atoms with Gasteiger partial charge in [-0.05, 0) is 93.0 Å². The Morgan fingerprint density at radius 3 is 2.43 bits per heavy atom. The third-order valence-electron chi connectivity index (χ3n) is 11.5. The molecule has 0 bridgehead atoms. The normalized spacial score (nSPS) is 26.1. The van der Waals surface area contributed by atoms with E-state index >= 15 is 0 Å². The van der Waals surface area contributed by atoms with Gasteiger partial charge in [-0.15, -0.1) is 0 Å². The van der Waals surface area contributed by atoms with Crippen molar-refractivity contribution in [2.45, 2.75) is 59.9 Å². The molecule has 11 heteroatoms. The molecule has 4 aliphatic rings. The second kappa shape index (κ2) is 12.9. The van der Waals surface area contributed by atoms with Crippen molar-refractivity contribution in [3.63, 3.8) is 0 Å². The van der Waals surface area contributed by atoms with Gasteiger partial charge in [-0.1, -0.05) is 30.7 Å². The molecule has 10 nitrogen and oxygen atoms in total. The maximum absolute atomic E-state index is 13.0. The predicted molar refractivity (Wildman–Crippen MR) is 183 cm³/mol. The molecule has 0 spiro atoms. The summed E-state index contributed by atoms with van der Waals surface area (Å²) in [5.74, 6) is 1.60. The van der Waals surface area contributed by atoms with Crippen LogP contribution in [0.1, 0.15) is 43.2 Å². The zero-order chi connectivity index (χ0) is 32.8. The number of anilines is 1. The summed E-state index contributed by atoms with van der Waals surface area (Å²) in [6.45, 7) is 7.33. The molecule has 3 aromatic rings. The van der Waals surface area contributed by atoms with E-state index in [2.05, 4.69) is 61.7 Å². The fraction of sp³-hybridized carbons (Fsp3) is 0.556. The lowest BCUT2D eigenvalue weighted by Crippen LogP contribution is -2.60. The molecule has 0 radical (unpaired) electrons. The number of carbonyl (C=O) groups excluding carboxylic acids is 1. The number of likely N-dealkylation sites (N-methyl/N-ethyl adjacent to an activating group) is 1. The van der Waals surface area contributed by atoms with Crippen LogP contribution in [-0.2, 0) is 28.8 Å². The first-order valence-corrected chi connectivity index (χ1v) is 18.7. The quantitative estimate of drug-likeness (QED) is 0.379. The third kappa shape index (κ3) is 6.06. The van der Waals surface area contributed by atoms with Crippen molar-refractivity contribution >= 4 is 21.6 Å². The van der Waals surface area contributed by atoms with Crippen molar-refractivity contribution in [2.24, 2.45) is 24.8 Å². The summed E-state index contributed by atoms with van der Waals surface area (Å²) in [4.78, 5) is 20.6. The number of nitrogens with zero attached hydrogens (tertiary/aromatic N) is 5. The first kappa shape index (κ1) is 32.2. The van der Waals surface area contributed by atoms with Crippen LogP contribution in [0.2, 0.25) is 0 Å². The van der Waals surface area contributed by atoms with E-state index in [0.717, 1.165) is 70.8 Å². The zero-order valence-electron chi connectivity index (χ0n) is 27.9. The smallest absolute Gasteiger partial charge is 0.314 e. The number of likely N-dealkylation sites (tertiary alicyclic amines) is 1. The lowest BCUT2D eigenvalue weighted by atomic mass is 9.56. The summed E-state index contributed by atoms with van der Waals surface area (Å²) in [6, 6.07) is 16.5. The van der Waals surface area contributed by atoms with Gasteiger partial charge >= 0.3 is 6.03 Å². The molecular formula is C36H49N7O3S. The fourth-order valence-electron chi connectivity index (χ4n) is 9.35. The van der Waals surface area contributed by atoms with Crippen LogP contribution in [0.5, 0.6) is 0 Å². The minimum atomic E-state index is -3.56. The van der Waals surface area contributed by atoms with Gasteiger partial charge in [-0.3, -0.25) is 4.68 Å². The van der Waals surface area contributed by atoms with Crippen molar-refractivity contribution in [1.82, 2.24) is 30.2 Å². The lowest BCUT2D eigenvalue weighted by molar-refractivity contribution is 0.0347. The molecule has 3 fully saturated rings. The Morgan fingerprint density at radius 2 is 1.72 bits per heavy atom. The van der Waals surface area contributed by atoms with E-state index in [-0.39, 0.29) is 22.4 Å². The molecule has 2 N–H and O–H groups in total. The summed E-state index contributed by atoms with van der Waals surface area (Å²) >= 11 is 0. The molecule has 3 atom stereocenters. The number of aromatic nitrogens is 2. The Balaban J connectivity index is 0.996. The number of hydrogen-bond acceptors (Lipinski definition) is 7. The van der Waals surface area contributed by atoms with E-state index in [0.29, 0.717) is 22.6 Å². The van der Waals surface area contributed by atoms with Crippen molar-refractivity contribution in [3.05, 3.63) is 72.1 Å². The molecule has 47 heavy (non-hydrogen) atoms. The summed E-state index contributed by atoms with van der Waals surface area (Å²) < 4.78 is 27.4. The molecule has 4 heterocycles. The highest BCUT2D eigenvalue weighted by atomic mass is 32.2. The van der Waals surface area contributed by atoms with Crippen molar-refractivity contribution in [1.29, 1.82) is 0 Å². The highest BCUT2D eigenvalue weighted by Crippen LogP contribution is 2.53. The van der Waals surface area contributed by atoms with E-state index in [4.69, 9.17) is 0 Å². The average Bonchev–Trinajstić information content (AvgIpc) is 3.72. The van der Waals surface area contributed by atoms with Gasteiger partial charge in [0.15, 0.2) is 0 Å². The van der Waals surface area contributed by atoms with Crippen LogP contribution >= 0.6 is 0 Å². The molecule has 1 saturated carbocycles. The Morgan fingerprint density at radius 1 is 0.979 bits per heavy atom. The monoisotopic (exact) mass is 659 g/mol. The molecule has 7 rings (SSSR count). The van der Waals surface area contributed by atoms with E-state index < -0.39 is 9.84 Å². The number of benzene rings is 2. The van der Waals surface area contributed by atoms with Crippen LogP contribution < -0.4 is 15.5 Å². The van der Waals surface area contributed by atoms with Crippen LogP contribution in [0, 0.1) is 17.8 Å². The van der Waals surface area contributed by atoms with Crippen LogP contribution in [0.3, 0.4) is 0 Å².